The summed E-state index contributed by atoms with van der Waals surface area (Å²) in [7, 11) is 0. The zero-order chi connectivity index (χ0) is 13.7. The minimum Gasteiger partial charge on any atom is -0.395 e. The summed E-state index contributed by atoms with van der Waals surface area (Å²) in [6, 6.07) is 6.00. The summed E-state index contributed by atoms with van der Waals surface area (Å²) < 4.78 is 12.8. The fraction of sp³-hybridized carbons (Fsp3) is 0.571. The van der Waals surface area contributed by atoms with Crippen molar-refractivity contribution in [2.75, 3.05) is 45.9 Å². The summed E-state index contributed by atoms with van der Waals surface area (Å²) in [5.74, 6) is -0.284. The monoisotopic (exact) mass is 268 g/mol. The second-order valence-electron chi connectivity index (χ2n) is 4.93. The van der Waals surface area contributed by atoms with Gasteiger partial charge in [-0.1, -0.05) is 12.1 Å². The normalized spacial score (nSPS) is 19.5. The van der Waals surface area contributed by atoms with Crippen LogP contribution >= 0.6 is 0 Å². The van der Waals surface area contributed by atoms with Gasteiger partial charge in [-0.15, -0.1) is 0 Å². The Hall–Kier alpha value is -1.01. The number of halogens is 1. The first-order valence-electron chi connectivity index (χ1n) is 6.68. The molecule has 1 aromatic carbocycles. The molecule has 0 spiro atoms. The third kappa shape index (κ3) is 4.24. The molecule has 1 aliphatic rings. The Kier molecular flexibility index (Phi) is 5.27. The van der Waals surface area contributed by atoms with E-state index in [1.54, 1.807) is 12.1 Å². The lowest BCUT2D eigenvalue weighted by molar-refractivity contribution is 0.0661. The molecule has 2 N–H and O–H groups in total. The third-order valence-corrected chi connectivity index (χ3v) is 3.57. The Labute approximate surface area is 113 Å². The molecule has 1 heterocycles. The second kappa shape index (κ2) is 6.96. The number of aliphatic hydroxyl groups is 2. The van der Waals surface area contributed by atoms with Crippen molar-refractivity contribution in [3.8, 4) is 0 Å². The molecule has 0 saturated carbocycles. The number of piperazine rings is 1. The molecule has 5 heteroatoms. The van der Waals surface area contributed by atoms with Crippen molar-refractivity contribution in [1.82, 2.24) is 9.80 Å². The average Bonchev–Trinajstić information content (AvgIpc) is 2.42. The molecule has 0 aliphatic carbocycles. The lowest BCUT2D eigenvalue weighted by Gasteiger charge is -2.35. The first-order chi connectivity index (χ1) is 9.19. The van der Waals surface area contributed by atoms with Crippen LogP contribution in [0.25, 0.3) is 0 Å². The van der Waals surface area contributed by atoms with Gasteiger partial charge in [0.2, 0.25) is 0 Å². The number of hydrogen-bond donors (Lipinski definition) is 2. The van der Waals surface area contributed by atoms with E-state index in [1.807, 2.05) is 0 Å². The van der Waals surface area contributed by atoms with Gasteiger partial charge in [0.15, 0.2) is 0 Å². The van der Waals surface area contributed by atoms with E-state index in [2.05, 4.69) is 9.80 Å². The summed E-state index contributed by atoms with van der Waals surface area (Å²) >= 11 is 0. The van der Waals surface area contributed by atoms with Crippen LogP contribution in [0.5, 0.6) is 0 Å². The Bertz CT molecular complexity index is 378. The lowest BCUT2D eigenvalue weighted by atomic mass is 10.1. The minimum absolute atomic E-state index is 0.193. The van der Waals surface area contributed by atoms with Gasteiger partial charge in [-0.25, -0.2) is 4.39 Å². The summed E-state index contributed by atoms with van der Waals surface area (Å²) in [6.07, 6.45) is -0.579. The van der Waals surface area contributed by atoms with Crippen molar-refractivity contribution in [3.63, 3.8) is 0 Å². The zero-order valence-electron chi connectivity index (χ0n) is 11.0. The standard InChI is InChI=1S/C14H21FN2O2/c15-13-3-1-12(2-4-13)14(19)11-17-7-5-16(6-8-17)9-10-18/h1-4,14,18-19H,5-11H2/t14-/m0/s1. The molecule has 1 aliphatic heterocycles. The number of benzene rings is 1. The van der Waals surface area contributed by atoms with E-state index in [1.165, 1.54) is 12.1 Å². The SMILES string of the molecule is OCCN1CCN(C[C@H](O)c2ccc(F)cc2)CC1. The lowest BCUT2D eigenvalue weighted by Crippen LogP contribution is -2.48. The van der Waals surface area contributed by atoms with Crippen LogP contribution in [0.15, 0.2) is 24.3 Å². The summed E-state index contributed by atoms with van der Waals surface area (Å²) in [6.45, 7) is 5.08. The molecule has 1 saturated heterocycles. The predicted octanol–water partition coefficient (Wildman–Crippen LogP) is 0.469. The summed E-state index contributed by atoms with van der Waals surface area (Å²) in [5.41, 5.74) is 0.749. The Balaban J connectivity index is 1.80. The molecule has 1 fully saturated rings. The van der Waals surface area contributed by atoms with Crippen molar-refractivity contribution >= 4 is 0 Å². The molecule has 0 unspecified atom stereocenters. The van der Waals surface area contributed by atoms with E-state index < -0.39 is 6.10 Å². The first-order valence-corrected chi connectivity index (χ1v) is 6.68. The molecule has 19 heavy (non-hydrogen) atoms. The van der Waals surface area contributed by atoms with Crippen LogP contribution in [0.1, 0.15) is 11.7 Å². The number of β-amino-alcohol motifs (C(OH)–C–C–N with tert-alkyl or cyclic N) is 2. The largest absolute Gasteiger partial charge is 0.395 e. The van der Waals surface area contributed by atoms with E-state index in [4.69, 9.17) is 5.11 Å². The van der Waals surface area contributed by atoms with Gasteiger partial charge in [-0.2, -0.15) is 0 Å². The molecule has 4 nitrogen and oxygen atoms in total. The highest BCUT2D eigenvalue weighted by Gasteiger charge is 2.19. The maximum Gasteiger partial charge on any atom is 0.123 e. The third-order valence-electron chi connectivity index (χ3n) is 3.57. The minimum atomic E-state index is -0.579. The van der Waals surface area contributed by atoms with Crippen LogP contribution in [0.3, 0.4) is 0 Å². The molecule has 1 aromatic rings. The molecule has 0 radical (unpaired) electrons. The zero-order valence-corrected chi connectivity index (χ0v) is 11.0. The van der Waals surface area contributed by atoms with Crippen molar-refractivity contribution in [1.29, 1.82) is 0 Å². The van der Waals surface area contributed by atoms with Crippen molar-refractivity contribution in [3.05, 3.63) is 35.6 Å². The van der Waals surface area contributed by atoms with E-state index in [0.717, 1.165) is 31.7 Å². The van der Waals surface area contributed by atoms with Gasteiger partial charge in [0.05, 0.1) is 12.7 Å². The van der Waals surface area contributed by atoms with Crippen LogP contribution < -0.4 is 0 Å². The van der Waals surface area contributed by atoms with Crippen LogP contribution in [0.2, 0.25) is 0 Å². The molecular formula is C14H21FN2O2. The molecule has 0 aromatic heterocycles. The summed E-state index contributed by atoms with van der Waals surface area (Å²) in [5, 5.41) is 19.0. The number of hydrogen-bond acceptors (Lipinski definition) is 4. The molecule has 0 amide bonds. The van der Waals surface area contributed by atoms with Gasteiger partial charge in [-0.05, 0) is 17.7 Å². The number of nitrogens with zero attached hydrogens (tertiary/aromatic N) is 2. The second-order valence-corrected chi connectivity index (χ2v) is 4.93. The Morgan fingerprint density at radius 2 is 1.63 bits per heavy atom. The highest BCUT2D eigenvalue weighted by Crippen LogP contribution is 2.15. The maximum atomic E-state index is 12.8. The summed E-state index contributed by atoms with van der Waals surface area (Å²) in [4.78, 5) is 4.41. The van der Waals surface area contributed by atoms with Gasteiger partial charge in [0.25, 0.3) is 0 Å². The van der Waals surface area contributed by atoms with Crippen LogP contribution in [-0.4, -0.2) is 65.9 Å². The molecule has 0 bridgehead atoms. The number of rotatable bonds is 5. The Morgan fingerprint density at radius 3 is 2.21 bits per heavy atom. The highest BCUT2D eigenvalue weighted by atomic mass is 19.1. The van der Waals surface area contributed by atoms with Crippen LogP contribution in [-0.2, 0) is 0 Å². The van der Waals surface area contributed by atoms with Crippen LogP contribution in [0, 0.1) is 5.82 Å². The van der Waals surface area contributed by atoms with E-state index in [9.17, 15) is 9.50 Å². The smallest absolute Gasteiger partial charge is 0.123 e. The molecule has 2 rings (SSSR count). The maximum absolute atomic E-state index is 12.8. The van der Waals surface area contributed by atoms with Gasteiger partial charge >= 0.3 is 0 Å². The van der Waals surface area contributed by atoms with Gasteiger partial charge < -0.3 is 10.2 Å². The molecular weight excluding hydrogens is 247 g/mol. The fourth-order valence-electron chi connectivity index (χ4n) is 2.37. The topological polar surface area (TPSA) is 46.9 Å². The molecule has 106 valence electrons. The predicted molar refractivity (Wildman–Crippen MR) is 71.3 cm³/mol. The quantitative estimate of drug-likeness (QED) is 0.815. The first kappa shape index (κ1) is 14.4. The van der Waals surface area contributed by atoms with Crippen molar-refractivity contribution < 1.29 is 14.6 Å². The average molecular weight is 268 g/mol. The van der Waals surface area contributed by atoms with E-state index in [-0.39, 0.29) is 12.4 Å². The highest BCUT2D eigenvalue weighted by molar-refractivity contribution is 5.18. The van der Waals surface area contributed by atoms with Crippen molar-refractivity contribution in [2.45, 2.75) is 6.10 Å². The Morgan fingerprint density at radius 1 is 1.05 bits per heavy atom. The molecule has 1 atom stereocenters. The van der Waals surface area contributed by atoms with Crippen molar-refractivity contribution in [2.24, 2.45) is 0 Å². The van der Waals surface area contributed by atoms with Gasteiger partial charge in [-0.3, -0.25) is 9.80 Å². The van der Waals surface area contributed by atoms with Crippen LogP contribution in [0.4, 0.5) is 4.39 Å². The fourth-order valence-corrected chi connectivity index (χ4v) is 2.37. The van der Waals surface area contributed by atoms with E-state index in [0.29, 0.717) is 13.1 Å². The van der Waals surface area contributed by atoms with Gasteiger partial charge in [0, 0.05) is 39.3 Å². The van der Waals surface area contributed by atoms with E-state index >= 15 is 0 Å². The van der Waals surface area contributed by atoms with Gasteiger partial charge in [0.1, 0.15) is 5.82 Å². The number of aliphatic hydroxyl groups excluding tert-OH is 2.